The first-order valence-electron chi connectivity index (χ1n) is 6.46. The Morgan fingerprint density at radius 3 is 2.84 bits per heavy atom. The second-order valence-corrected chi connectivity index (χ2v) is 4.95. The summed E-state index contributed by atoms with van der Waals surface area (Å²) in [6.07, 6.45) is 2.83. The number of benzene rings is 1. The lowest BCUT2D eigenvalue weighted by Gasteiger charge is -2.12. The van der Waals surface area contributed by atoms with E-state index in [1.807, 2.05) is 6.92 Å². The highest BCUT2D eigenvalue weighted by Crippen LogP contribution is 2.35. The van der Waals surface area contributed by atoms with Gasteiger partial charge in [-0.05, 0) is 31.7 Å². The monoisotopic (exact) mass is 263 g/mol. The summed E-state index contributed by atoms with van der Waals surface area (Å²) in [6.45, 7) is 1.94. The molecule has 3 nitrogen and oxygen atoms in total. The van der Waals surface area contributed by atoms with E-state index in [0.717, 1.165) is 18.4 Å². The van der Waals surface area contributed by atoms with Crippen molar-refractivity contribution in [2.24, 2.45) is 5.92 Å². The predicted octanol–water partition coefficient (Wildman–Crippen LogP) is 2.33. The number of aliphatic hydroxyl groups is 1. The summed E-state index contributed by atoms with van der Waals surface area (Å²) >= 11 is 0. The molecule has 0 bridgehead atoms. The third-order valence-electron chi connectivity index (χ3n) is 3.31. The molecule has 1 fully saturated rings. The molecule has 2 N–H and O–H groups in total. The molecular formula is C15H18FNO2. The molecule has 2 rings (SSSR count). The van der Waals surface area contributed by atoms with E-state index in [2.05, 4.69) is 5.32 Å². The molecule has 1 aliphatic rings. The Morgan fingerprint density at radius 2 is 2.21 bits per heavy atom. The molecule has 0 heterocycles. The van der Waals surface area contributed by atoms with Gasteiger partial charge in [-0.1, -0.05) is 23.8 Å². The van der Waals surface area contributed by atoms with E-state index in [4.69, 9.17) is 0 Å². The zero-order valence-electron chi connectivity index (χ0n) is 10.9. The highest BCUT2D eigenvalue weighted by Gasteiger charge is 2.23. The standard InChI is InChI=1S/C15H18FNO2/c1-10(11-6-7-11)8-15(19)17-9-14(18)12-4-2-3-5-13(12)16/h2-5,8,11,14,18H,6-7,9H2,1H3,(H,17,19)/b10-8-. The van der Waals surface area contributed by atoms with Gasteiger partial charge in [0.25, 0.3) is 0 Å². The maximum Gasteiger partial charge on any atom is 0.244 e. The molecule has 1 aromatic rings. The minimum absolute atomic E-state index is 0.00815. The number of rotatable bonds is 5. The maximum atomic E-state index is 13.4. The van der Waals surface area contributed by atoms with Gasteiger partial charge in [-0.2, -0.15) is 0 Å². The van der Waals surface area contributed by atoms with Crippen molar-refractivity contribution in [3.63, 3.8) is 0 Å². The fourth-order valence-electron chi connectivity index (χ4n) is 1.97. The lowest BCUT2D eigenvalue weighted by atomic mass is 10.1. The number of carbonyl (C=O) groups is 1. The average molecular weight is 263 g/mol. The number of aliphatic hydroxyl groups excluding tert-OH is 1. The van der Waals surface area contributed by atoms with E-state index < -0.39 is 11.9 Å². The molecule has 1 saturated carbocycles. The van der Waals surface area contributed by atoms with Crippen LogP contribution in [0.3, 0.4) is 0 Å². The fourth-order valence-corrected chi connectivity index (χ4v) is 1.97. The van der Waals surface area contributed by atoms with Crippen LogP contribution in [0.5, 0.6) is 0 Å². The largest absolute Gasteiger partial charge is 0.386 e. The van der Waals surface area contributed by atoms with Crippen LogP contribution < -0.4 is 5.32 Å². The molecule has 19 heavy (non-hydrogen) atoms. The normalized spacial score (nSPS) is 17.1. The van der Waals surface area contributed by atoms with Gasteiger partial charge in [0.05, 0.1) is 6.10 Å². The summed E-state index contributed by atoms with van der Waals surface area (Å²) in [7, 11) is 0. The number of hydrogen-bond acceptors (Lipinski definition) is 2. The van der Waals surface area contributed by atoms with E-state index in [-0.39, 0.29) is 18.0 Å². The molecule has 4 heteroatoms. The van der Waals surface area contributed by atoms with Crippen molar-refractivity contribution in [1.82, 2.24) is 5.32 Å². The van der Waals surface area contributed by atoms with Crippen LogP contribution in [0, 0.1) is 11.7 Å². The molecule has 1 aromatic carbocycles. The molecule has 102 valence electrons. The van der Waals surface area contributed by atoms with Crippen LogP contribution in [0.15, 0.2) is 35.9 Å². The summed E-state index contributed by atoms with van der Waals surface area (Å²) in [4.78, 5) is 11.6. The highest BCUT2D eigenvalue weighted by atomic mass is 19.1. The van der Waals surface area contributed by atoms with Crippen LogP contribution in [-0.4, -0.2) is 17.6 Å². The summed E-state index contributed by atoms with van der Waals surface area (Å²) in [5.41, 5.74) is 1.27. The van der Waals surface area contributed by atoms with Crippen LogP contribution in [-0.2, 0) is 4.79 Å². The first-order chi connectivity index (χ1) is 9.08. The summed E-state index contributed by atoms with van der Waals surface area (Å²) in [5, 5.41) is 12.4. The Labute approximate surface area is 112 Å². The van der Waals surface area contributed by atoms with E-state index in [0.29, 0.717) is 5.92 Å². The average Bonchev–Trinajstić information content (AvgIpc) is 3.20. The van der Waals surface area contributed by atoms with Crippen molar-refractivity contribution >= 4 is 5.91 Å². The van der Waals surface area contributed by atoms with Gasteiger partial charge in [0.2, 0.25) is 5.91 Å². The second kappa shape index (κ2) is 5.97. The second-order valence-electron chi connectivity index (χ2n) is 4.95. The smallest absolute Gasteiger partial charge is 0.244 e. The maximum absolute atomic E-state index is 13.4. The zero-order valence-corrected chi connectivity index (χ0v) is 10.9. The van der Waals surface area contributed by atoms with Crippen molar-refractivity contribution in [2.75, 3.05) is 6.54 Å². The van der Waals surface area contributed by atoms with Crippen molar-refractivity contribution in [3.8, 4) is 0 Å². The van der Waals surface area contributed by atoms with Crippen LogP contribution >= 0.6 is 0 Å². The van der Waals surface area contributed by atoms with E-state index in [9.17, 15) is 14.3 Å². The van der Waals surface area contributed by atoms with Crippen molar-refractivity contribution in [2.45, 2.75) is 25.9 Å². The van der Waals surface area contributed by atoms with Gasteiger partial charge in [0.15, 0.2) is 0 Å². The Morgan fingerprint density at radius 1 is 1.53 bits per heavy atom. The predicted molar refractivity (Wildman–Crippen MR) is 70.9 cm³/mol. The molecular weight excluding hydrogens is 245 g/mol. The van der Waals surface area contributed by atoms with Crippen LogP contribution in [0.25, 0.3) is 0 Å². The topological polar surface area (TPSA) is 49.3 Å². The van der Waals surface area contributed by atoms with Gasteiger partial charge in [0.1, 0.15) is 5.82 Å². The van der Waals surface area contributed by atoms with Crippen molar-refractivity contribution < 1.29 is 14.3 Å². The SMILES string of the molecule is C/C(=C/C(=O)NCC(O)c1ccccc1F)C1CC1. The molecule has 1 amide bonds. The third-order valence-corrected chi connectivity index (χ3v) is 3.31. The van der Waals surface area contributed by atoms with Gasteiger partial charge in [0, 0.05) is 18.2 Å². The van der Waals surface area contributed by atoms with Gasteiger partial charge in [-0.25, -0.2) is 4.39 Å². The molecule has 0 aromatic heterocycles. The number of carbonyl (C=O) groups excluding carboxylic acids is 1. The minimum atomic E-state index is -1.03. The summed E-state index contributed by atoms with van der Waals surface area (Å²) in [6, 6.07) is 6.02. The summed E-state index contributed by atoms with van der Waals surface area (Å²) in [5.74, 6) is -0.156. The lowest BCUT2D eigenvalue weighted by molar-refractivity contribution is -0.117. The molecule has 0 aliphatic heterocycles. The number of nitrogens with one attached hydrogen (secondary N) is 1. The molecule has 0 spiro atoms. The quantitative estimate of drug-likeness (QED) is 0.801. The van der Waals surface area contributed by atoms with Gasteiger partial charge >= 0.3 is 0 Å². The lowest BCUT2D eigenvalue weighted by Crippen LogP contribution is -2.27. The zero-order chi connectivity index (χ0) is 13.8. The number of allylic oxidation sites excluding steroid dienone is 1. The minimum Gasteiger partial charge on any atom is -0.386 e. The van der Waals surface area contributed by atoms with Crippen LogP contribution in [0.1, 0.15) is 31.4 Å². The van der Waals surface area contributed by atoms with Crippen LogP contribution in [0.2, 0.25) is 0 Å². The fraction of sp³-hybridized carbons (Fsp3) is 0.400. The Bertz CT molecular complexity index is 495. The Hall–Kier alpha value is -1.68. The van der Waals surface area contributed by atoms with Crippen molar-refractivity contribution in [3.05, 3.63) is 47.3 Å². The molecule has 1 aliphatic carbocycles. The summed E-state index contributed by atoms with van der Waals surface area (Å²) < 4.78 is 13.4. The molecule has 0 saturated heterocycles. The number of amides is 1. The van der Waals surface area contributed by atoms with E-state index >= 15 is 0 Å². The van der Waals surface area contributed by atoms with E-state index in [1.54, 1.807) is 18.2 Å². The Kier molecular flexibility index (Phi) is 4.32. The Balaban J connectivity index is 1.86. The van der Waals surface area contributed by atoms with Gasteiger partial charge in [-0.3, -0.25) is 4.79 Å². The van der Waals surface area contributed by atoms with Crippen LogP contribution in [0.4, 0.5) is 4.39 Å². The molecule has 1 atom stereocenters. The van der Waals surface area contributed by atoms with Gasteiger partial charge < -0.3 is 10.4 Å². The van der Waals surface area contributed by atoms with Gasteiger partial charge in [-0.15, -0.1) is 0 Å². The first kappa shape index (κ1) is 13.7. The van der Waals surface area contributed by atoms with Crippen molar-refractivity contribution in [1.29, 1.82) is 0 Å². The highest BCUT2D eigenvalue weighted by molar-refractivity contribution is 5.88. The number of halogens is 1. The number of hydrogen-bond donors (Lipinski definition) is 2. The molecule has 0 radical (unpaired) electrons. The molecule has 1 unspecified atom stereocenters. The third kappa shape index (κ3) is 3.89. The first-order valence-corrected chi connectivity index (χ1v) is 6.46. The van der Waals surface area contributed by atoms with E-state index in [1.165, 1.54) is 12.1 Å².